The van der Waals surface area contributed by atoms with Crippen molar-refractivity contribution in [2.45, 2.75) is 32.2 Å². The molecule has 4 rings (SSSR count). The summed E-state index contributed by atoms with van der Waals surface area (Å²) in [5.74, 6) is -0.405. The molecule has 0 aliphatic heterocycles. The SMILES string of the molecule is COc1c(NC(=O)NC2C(=Cc3ccncc3)C=Cc3ccccc32)cc(C(C)(C)C)cc1C(N)=O. The minimum absolute atomic E-state index is 0.212. The lowest BCUT2D eigenvalue weighted by molar-refractivity contribution is 0.0997. The van der Waals surface area contributed by atoms with Gasteiger partial charge < -0.3 is 21.1 Å². The van der Waals surface area contributed by atoms with Gasteiger partial charge in [-0.3, -0.25) is 9.78 Å². The smallest absolute Gasteiger partial charge is 0.320 e. The predicted molar refractivity (Wildman–Crippen MR) is 143 cm³/mol. The normalized spacial score (nSPS) is 15.8. The molecule has 1 unspecified atom stereocenters. The van der Waals surface area contributed by atoms with Crippen molar-refractivity contribution in [1.29, 1.82) is 0 Å². The molecule has 1 aromatic heterocycles. The van der Waals surface area contributed by atoms with Crippen LogP contribution in [0.1, 0.15) is 59.4 Å². The zero-order valence-corrected chi connectivity index (χ0v) is 20.8. The minimum atomic E-state index is -0.629. The summed E-state index contributed by atoms with van der Waals surface area (Å²) in [7, 11) is 1.44. The molecule has 0 bridgehead atoms. The molecule has 1 aliphatic carbocycles. The fourth-order valence-electron chi connectivity index (χ4n) is 4.18. The van der Waals surface area contributed by atoms with Crippen molar-refractivity contribution in [3.05, 3.63) is 100 Å². The second-order valence-electron chi connectivity index (χ2n) is 9.64. The van der Waals surface area contributed by atoms with Crippen LogP contribution in [0.4, 0.5) is 10.5 Å². The molecule has 7 nitrogen and oxygen atoms in total. The van der Waals surface area contributed by atoms with Crippen molar-refractivity contribution in [3.8, 4) is 5.75 Å². The average molecular weight is 483 g/mol. The lowest BCUT2D eigenvalue weighted by Crippen LogP contribution is -2.34. The third-order valence-electron chi connectivity index (χ3n) is 6.08. The monoisotopic (exact) mass is 482 g/mol. The van der Waals surface area contributed by atoms with E-state index in [1.807, 2.05) is 81.5 Å². The molecule has 0 saturated carbocycles. The molecule has 1 heterocycles. The molecule has 2 aromatic carbocycles. The van der Waals surface area contributed by atoms with E-state index < -0.39 is 18.0 Å². The van der Waals surface area contributed by atoms with Crippen LogP contribution < -0.4 is 21.1 Å². The molecule has 0 radical (unpaired) electrons. The van der Waals surface area contributed by atoms with Gasteiger partial charge in [0.05, 0.1) is 24.4 Å². The van der Waals surface area contributed by atoms with Crippen molar-refractivity contribution < 1.29 is 14.3 Å². The Balaban J connectivity index is 1.70. The molecule has 36 heavy (non-hydrogen) atoms. The number of nitrogens with one attached hydrogen (secondary N) is 2. The zero-order chi connectivity index (χ0) is 25.9. The number of rotatable bonds is 5. The van der Waals surface area contributed by atoms with Crippen molar-refractivity contribution in [2.75, 3.05) is 12.4 Å². The summed E-state index contributed by atoms with van der Waals surface area (Å²) < 4.78 is 5.48. The Labute approximate surface area is 211 Å². The van der Waals surface area contributed by atoms with Crippen LogP contribution in [0, 0.1) is 0 Å². The number of carbonyl (C=O) groups excluding carboxylic acids is 2. The summed E-state index contributed by atoms with van der Waals surface area (Å²) in [6, 6.07) is 14.4. The van der Waals surface area contributed by atoms with E-state index in [2.05, 4.69) is 15.6 Å². The summed E-state index contributed by atoms with van der Waals surface area (Å²) >= 11 is 0. The Hall–Kier alpha value is -4.39. The third kappa shape index (κ3) is 5.30. The van der Waals surface area contributed by atoms with Crippen LogP contribution >= 0.6 is 0 Å². The van der Waals surface area contributed by atoms with Crippen LogP contribution in [-0.2, 0) is 5.41 Å². The maximum atomic E-state index is 13.3. The van der Waals surface area contributed by atoms with Crippen molar-refractivity contribution >= 4 is 29.8 Å². The standard InChI is InChI=1S/C29H30N4O3/c1-29(2,3)21-16-23(27(30)34)26(36-4)24(17-21)32-28(35)33-25-20(15-18-11-13-31-14-12-18)10-9-19-7-5-6-8-22(19)25/h5-17,25H,1-4H3,(H2,30,34)(H2,32,33,35). The number of hydrogen-bond donors (Lipinski definition) is 3. The highest BCUT2D eigenvalue weighted by Crippen LogP contribution is 2.36. The lowest BCUT2D eigenvalue weighted by Gasteiger charge is -2.27. The molecular formula is C29H30N4O3. The molecule has 3 amide bonds. The highest BCUT2D eigenvalue weighted by atomic mass is 16.5. The molecule has 3 aromatic rings. The Bertz CT molecular complexity index is 1350. The summed E-state index contributed by atoms with van der Waals surface area (Å²) in [4.78, 5) is 29.6. The molecule has 1 aliphatic rings. The van der Waals surface area contributed by atoms with Gasteiger partial charge in [-0.2, -0.15) is 0 Å². The minimum Gasteiger partial charge on any atom is -0.494 e. The number of amides is 3. The Morgan fingerprint density at radius 2 is 1.78 bits per heavy atom. The largest absolute Gasteiger partial charge is 0.494 e. The van der Waals surface area contributed by atoms with Gasteiger partial charge >= 0.3 is 6.03 Å². The number of nitrogens with two attached hydrogens (primary N) is 1. The van der Waals surface area contributed by atoms with Crippen LogP contribution in [-0.4, -0.2) is 24.0 Å². The van der Waals surface area contributed by atoms with Gasteiger partial charge in [-0.25, -0.2) is 4.79 Å². The molecule has 184 valence electrons. The number of pyridine rings is 1. The number of urea groups is 1. The first-order valence-electron chi connectivity index (χ1n) is 11.7. The topological polar surface area (TPSA) is 106 Å². The second-order valence-corrected chi connectivity index (χ2v) is 9.64. The van der Waals surface area contributed by atoms with E-state index >= 15 is 0 Å². The second kappa shape index (κ2) is 10.1. The Morgan fingerprint density at radius 3 is 2.44 bits per heavy atom. The van der Waals surface area contributed by atoms with Crippen LogP contribution in [0.15, 0.2) is 72.6 Å². The van der Waals surface area contributed by atoms with E-state index in [4.69, 9.17) is 10.5 Å². The average Bonchev–Trinajstić information content (AvgIpc) is 2.85. The summed E-state index contributed by atoms with van der Waals surface area (Å²) in [5.41, 5.74) is 10.7. The van der Waals surface area contributed by atoms with Crippen molar-refractivity contribution in [1.82, 2.24) is 10.3 Å². The van der Waals surface area contributed by atoms with Gasteiger partial charge in [0.25, 0.3) is 5.91 Å². The summed E-state index contributed by atoms with van der Waals surface area (Å²) in [6.07, 6.45) is 9.51. The number of hydrogen-bond acceptors (Lipinski definition) is 4. The molecule has 4 N–H and O–H groups in total. The number of anilines is 1. The van der Waals surface area contributed by atoms with E-state index in [-0.39, 0.29) is 16.7 Å². The molecular weight excluding hydrogens is 452 g/mol. The first-order valence-corrected chi connectivity index (χ1v) is 11.7. The Morgan fingerprint density at radius 1 is 1.06 bits per heavy atom. The van der Waals surface area contributed by atoms with Crippen LogP contribution in [0.5, 0.6) is 5.75 Å². The number of primary amides is 1. The quantitative estimate of drug-likeness (QED) is 0.449. The van der Waals surface area contributed by atoms with Gasteiger partial charge in [-0.1, -0.05) is 57.2 Å². The molecule has 7 heteroatoms. The van der Waals surface area contributed by atoms with Gasteiger partial charge in [0.2, 0.25) is 0 Å². The van der Waals surface area contributed by atoms with Gasteiger partial charge in [-0.05, 0) is 63.6 Å². The van der Waals surface area contributed by atoms with E-state index in [1.54, 1.807) is 18.5 Å². The Kier molecular flexibility index (Phi) is 6.92. The number of carbonyl (C=O) groups is 2. The molecule has 1 atom stereocenters. The maximum Gasteiger partial charge on any atom is 0.320 e. The van der Waals surface area contributed by atoms with Crippen molar-refractivity contribution in [2.24, 2.45) is 5.73 Å². The fraction of sp³-hybridized carbons (Fsp3) is 0.207. The number of aromatic nitrogens is 1. The fourth-order valence-corrected chi connectivity index (χ4v) is 4.18. The highest BCUT2D eigenvalue weighted by molar-refractivity contribution is 6.01. The van der Waals surface area contributed by atoms with Crippen LogP contribution in [0.2, 0.25) is 0 Å². The maximum absolute atomic E-state index is 13.3. The molecule has 0 spiro atoms. The van der Waals surface area contributed by atoms with E-state index in [9.17, 15) is 9.59 Å². The number of nitrogens with zero attached hydrogens (tertiary/aromatic N) is 1. The summed E-state index contributed by atoms with van der Waals surface area (Å²) in [6.45, 7) is 6.06. The first kappa shape index (κ1) is 24.7. The first-order chi connectivity index (χ1) is 17.2. The number of methoxy groups -OCH3 is 1. The summed E-state index contributed by atoms with van der Waals surface area (Å²) in [5, 5.41) is 5.98. The lowest BCUT2D eigenvalue weighted by atomic mass is 9.85. The van der Waals surface area contributed by atoms with E-state index in [1.165, 1.54) is 7.11 Å². The number of ether oxygens (including phenoxy) is 1. The molecule has 0 fully saturated rings. The van der Waals surface area contributed by atoms with Gasteiger partial charge in [0.1, 0.15) is 0 Å². The van der Waals surface area contributed by atoms with Crippen LogP contribution in [0.25, 0.3) is 12.2 Å². The number of benzene rings is 2. The predicted octanol–water partition coefficient (Wildman–Crippen LogP) is 5.46. The van der Waals surface area contributed by atoms with Gasteiger partial charge in [0, 0.05) is 12.4 Å². The number of fused-ring (bicyclic) bond motifs is 1. The zero-order valence-electron chi connectivity index (χ0n) is 20.8. The van der Waals surface area contributed by atoms with E-state index in [0.717, 1.165) is 27.8 Å². The van der Waals surface area contributed by atoms with Crippen LogP contribution in [0.3, 0.4) is 0 Å². The molecule has 0 saturated heterocycles. The third-order valence-corrected chi connectivity index (χ3v) is 6.08. The van der Waals surface area contributed by atoms with Crippen molar-refractivity contribution in [3.63, 3.8) is 0 Å². The van der Waals surface area contributed by atoms with Gasteiger partial charge in [-0.15, -0.1) is 0 Å². The highest BCUT2D eigenvalue weighted by Gasteiger charge is 2.26. The van der Waals surface area contributed by atoms with Gasteiger partial charge in [0.15, 0.2) is 5.75 Å². The van der Waals surface area contributed by atoms with E-state index in [0.29, 0.717) is 5.69 Å².